The van der Waals surface area contributed by atoms with Crippen LogP contribution in [0.5, 0.6) is 0 Å². The second-order valence-electron chi connectivity index (χ2n) is 8.03. The third-order valence-electron chi connectivity index (χ3n) is 5.61. The van der Waals surface area contributed by atoms with Crippen molar-refractivity contribution in [2.24, 2.45) is 0 Å². The van der Waals surface area contributed by atoms with Crippen molar-refractivity contribution in [3.63, 3.8) is 0 Å². The molecule has 2 aromatic rings. The number of amides is 1. The van der Waals surface area contributed by atoms with Gasteiger partial charge in [0.2, 0.25) is 10.0 Å². The van der Waals surface area contributed by atoms with Gasteiger partial charge in [0.05, 0.1) is 4.90 Å². The molecule has 176 valence electrons. The Hall–Kier alpha value is -2.97. The maximum Gasteiger partial charge on any atom is 0.331 e. The number of likely N-dealkylation sites (N-methyl/N-ethyl adjacent to an activating group) is 1. The lowest BCUT2D eigenvalue weighted by Gasteiger charge is -2.21. The van der Waals surface area contributed by atoms with Crippen LogP contribution in [0.2, 0.25) is 0 Å². The van der Waals surface area contributed by atoms with Gasteiger partial charge < -0.3 is 9.64 Å². The molecule has 33 heavy (non-hydrogen) atoms. The minimum atomic E-state index is -3.51. The number of esters is 1. The van der Waals surface area contributed by atoms with Crippen LogP contribution < -0.4 is 4.90 Å². The van der Waals surface area contributed by atoms with E-state index < -0.39 is 22.1 Å². The highest BCUT2D eigenvalue weighted by molar-refractivity contribution is 7.89. The Balaban J connectivity index is 1.58. The number of nitrogens with zero attached hydrogens (tertiary/aromatic N) is 2. The number of carbonyl (C=O) groups excluding carboxylic acids is 2. The van der Waals surface area contributed by atoms with Gasteiger partial charge in [0, 0.05) is 31.9 Å². The zero-order valence-electron chi connectivity index (χ0n) is 19.0. The van der Waals surface area contributed by atoms with Crippen molar-refractivity contribution in [2.75, 3.05) is 25.0 Å². The Kier molecular flexibility index (Phi) is 8.41. The first-order valence-electron chi connectivity index (χ1n) is 11.1. The van der Waals surface area contributed by atoms with Crippen LogP contribution in [-0.2, 0) is 24.3 Å². The third-order valence-corrected chi connectivity index (χ3v) is 7.52. The maximum absolute atomic E-state index is 12.9. The number of ether oxygens (including phenoxy) is 1. The molecule has 1 atom stereocenters. The Morgan fingerprint density at radius 3 is 2.18 bits per heavy atom. The largest absolute Gasteiger partial charge is 0.449 e. The number of hydrogen-bond donors (Lipinski definition) is 0. The lowest BCUT2D eigenvalue weighted by atomic mass is 10.2. The first-order valence-corrected chi connectivity index (χ1v) is 12.5. The molecule has 0 bridgehead atoms. The van der Waals surface area contributed by atoms with Crippen molar-refractivity contribution in [1.29, 1.82) is 0 Å². The Morgan fingerprint density at radius 2 is 1.58 bits per heavy atom. The molecule has 2 aromatic carbocycles. The topological polar surface area (TPSA) is 84.0 Å². The summed E-state index contributed by atoms with van der Waals surface area (Å²) in [6.45, 7) is 2.62. The molecule has 3 rings (SSSR count). The van der Waals surface area contributed by atoms with E-state index in [2.05, 4.69) is 0 Å². The Bertz CT molecular complexity index is 1070. The van der Waals surface area contributed by atoms with E-state index in [4.69, 9.17) is 4.74 Å². The molecule has 8 heteroatoms. The van der Waals surface area contributed by atoms with Crippen LogP contribution in [0.4, 0.5) is 5.69 Å². The van der Waals surface area contributed by atoms with E-state index >= 15 is 0 Å². The molecular weight excluding hydrogens is 440 g/mol. The lowest BCUT2D eigenvalue weighted by Crippen LogP contribution is -2.37. The average Bonchev–Trinajstić information content (AvgIpc) is 3.13. The van der Waals surface area contributed by atoms with Crippen LogP contribution in [0.1, 0.15) is 38.2 Å². The SMILES string of the molecule is C[C@@H](OC(=O)/C=C/c1ccc(S(=O)(=O)N2CCCCCC2)cc1)C(=O)N(C)c1ccccc1. The summed E-state index contributed by atoms with van der Waals surface area (Å²) in [7, 11) is -1.89. The van der Waals surface area contributed by atoms with Gasteiger partial charge in [0.25, 0.3) is 5.91 Å². The molecule has 1 amide bonds. The van der Waals surface area contributed by atoms with Crippen LogP contribution in [-0.4, -0.2) is 50.8 Å². The highest BCUT2D eigenvalue weighted by Crippen LogP contribution is 2.21. The fraction of sp³-hybridized carbons (Fsp3) is 0.360. The van der Waals surface area contributed by atoms with E-state index in [1.54, 1.807) is 47.8 Å². The van der Waals surface area contributed by atoms with Crippen LogP contribution >= 0.6 is 0 Å². The lowest BCUT2D eigenvalue weighted by molar-refractivity contribution is -0.148. The summed E-state index contributed by atoms with van der Waals surface area (Å²) >= 11 is 0. The van der Waals surface area contributed by atoms with Crippen LogP contribution in [0.25, 0.3) is 6.08 Å². The monoisotopic (exact) mass is 470 g/mol. The molecular formula is C25H30N2O5S. The van der Waals surface area contributed by atoms with E-state index in [0.717, 1.165) is 25.7 Å². The van der Waals surface area contributed by atoms with E-state index in [-0.39, 0.29) is 10.8 Å². The molecule has 0 spiro atoms. The summed E-state index contributed by atoms with van der Waals surface area (Å²) in [5, 5.41) is 0. The molecule has 1 saturated heterocycles. The molecule has 1 aliphatic heterocycles. The third kappa shape index (κ3) is 6.52. The number of sulfonamides is 1. The molecule has 0 aromatic heterocycles. The van der Waals surface area contributed by atoms with E-state index in [9.17, 15) is 18.0 Å². The summed E-state index contributed by atoms with van der Waals surface area (Å²) in [6, 6.07) is 15.5. The van der Waals surface area contributed by atoms with Crippen molar-refractivity contribution in [3.8, 4) is 0 Å². The summed E-state index contributed by atoms with van der Waals surface area (Å²) in [4.78, 5) is 26.4. The zero-order valence-corrected chi connectivity index (χ0v) is 19.8. The molecule has 7 nitrogen and oxygen atoms in total. The van der Waals surface area contributed by atoms with Gasteiger partial charge in [-0.1, -0.05) is 43.2 Å². The van der Waals surface area contributed by atoms with Crippen molar-refractivity contribution < 1.29 is 22.7 Å². The van der Waals surface area contributed by atoms with Crippen molar-refractivity contribution in [2.45, 2.75) is 43.6 Å². The van der Waals surface area contributed by atoms with Crippen LogP contribution in [0.3, 0.4) is 0 Å². The highest BCUT2D eigenvalue weighted by Gasteiger charge is 2.25. The first-order chi connectivity index (χ1) is 15.8. The fourth-order valence-electron chi connectivity index (χ4n) is 3.66. The fourth-order valence-corrected chi connectivity index (χ4v) is 5.18. The summed E-state index contributed by atoms with van der Waals surface area (Å²) in [5.74, 6) is -0.996. The van der Waals surface area contributed by atoms with Crippen LogP contribution in [0, 0.1) is 0 Å². The van der Waals surface area contributed by atoms with Gasteiger partial charge in [-0.3, -0.25) is 4.79 Å². The molecule has 1 aliphatic rings. The molecule has 1 fully saturated rings. The number of carbonyl (C=O) groups is 2. The highest BCUT2D eigenvalue weighted by atomic mass is 32.2. The summed E-state index contributed by atoms with van der Waals surface area (Å²) < 4.78 is 32.5. The molecule has 0 N–H and O–H groups in total. The predicted molar refractivity (Wildman–Crippen MR) is 128 cm³/mol. The van der Waals surface area contributed by atoms with Crippen molar-refractivity contribution in [1.82, 2.24) is 4.31 Å². The second-order valence-corrected chi connectivity index (χ2v) is 9.97. The first kappa shape index (κ1) is 24.7. The Labute approximate surface area is 195 Å². The van der Waals surface area contributed by atoms with E-state index in [1.807, 2.05) is 18.2 Å². The normalized spacial score (nSPS) is 16.2. The minimum absolute atomic E-state index is 0.243. The number of rotatable bonds is 7. The van der Waals surface area contributed by atoms with Crippen LogP contribution in [0.15, 0.2) is 65.6 Å². The minimum Gasteiger partial charge on any atom is -0.449 e. The van der Waals surface area contributed by atoms with E-state index in [1.165, 1.54) is 24.0 Å². The predicted octanol–water partition coefficient (Wildman–Crippen LogP) is 3.86. The second kappa shape index (κ2) is 11.2. The molecule has 0 saturated carbocycles. The Morgan fingerprint density at radius 1 is 0.970 bits per heavy atom. The summed E-state index contributed by atoms with van der Waals surface area (Å²) in [5.41, 5.74) is 1.36. The zero-order chi connectivity index (χ0) is 23.8. The van der Waals surface area contributed by atoms with Gasteiger partial charge in [-0.15, -0.1) is 0 Å². The van der Waals surface area contributed by atoms with E-state index in [0.29, 0.717) is 24.3 Å². The van der Waals surface area contributed by atoms with Crippen molar-refractivity contribution in [3.05, 3.63) is 66.2 Å². The van der Waals surface area contributed by atoms with Gasteiger partial charge in [-0.25, -0.2) is 13.2 Å². The number of hydrogen-bond acceptors (Lipinski definition) is 5. The van der Waals surface area contributed by atoms with Crippen molar-refractivity contribution >= 4 is 33.7 Å². The van der Waals surface area contributed by atoms with Gasteiger partial charge >= 0.3 is 5.97 Å². The van der Waals surface area contributed by atoms with Gasteiger partial charge in [0.15, 0.2) is 6.10 Å². The summed E-state index contributed by atoms with van der Waals surface area (Å²) in [6.07, 6.45) is 5.67. The molecule has 0 aliphatic carbocycles. The molecule has 0 unspecified atom stereocenters. The van der Waals surface area contributed by atoms with Gasteiger partial charge in [-0.2, -0.15) is 4.31 Å². The molecule has 1 heterocycles. The molecule has 0 radical (unpaired) electrons. The quantitative estimate of drug-likeness (QED) is 0.453. The average molecular weight is 471 g/mol. The maximum atomic E-state index is 12.9. The van der Waals surface area contributed by atoms with Gasteiger partial charge in [-0.05, 0) is 55.7 Å². The number of para-hydroxylation sites is 1. The number of anilines is 1. The standard InChI is InChI=1S/C25H30N2O5S/c1-20(25(29)26(2)22-10-6-5-7-11-22)32-24(28)17-14-21-12-15-23(16-13-21)33(30,31)27-18-8-3-4-9-19-27/h5-7,10-17,20H,3-4,8-9,18-19H2,1-2H3/b17-14+/t20-/m1/s1. The smallest absolute Gasteiger partial charge is 0.331 e. The van der Waals surface area contributed by atoms with Gasteiger partial charge in [0.1, 0.15) is 0 Å². The number of benzene rings is 2.